The summed E-state index contributed by atoms with van der Waals surface area (Å²) in [4.78, 5) is 14.5. The molecule has 0 aliphatic heterocycles. The van der Waals surface area contributed by atoms with Crippen molar-refractivity contribution in [2.24, 2.45) is 0 Å². The lowest BCUT2D eigenvalue weighted by Gasteiger charge is -2.24. The van der Waals surface area contributed by atoms with Crippen LogP contribution in [-0.2, 0) is 0 Å². The molecule has 9 nitrogen and oxygen atoms in total. The van der Waals surface area contributed by atoms with E-state index < -0.39 is 0 Å². The monoisotopic (exact) mass is 886 g/mol. The van der Waals surface area contributed by atoms with E-state index >= 15 is 0 Å². The molecule has 9 heteroatoms. The van der Waals surface area contributed by atoms with Crippen molar-refractivity contribution in [3.05, 3.63) is 206 Å². The fourth-order valence-electron chi connectivity index (χ4n) is 10.2. The number of furan rings is 3. The topological polar surface area (TPSA) is 97.5 Å². The molecule has 0 amide bonds. The van der Waals surface area contributed by atoms with E-state index in [9.17, 15) is 0 Å². The first-order chi connectivity index (χ1) is 34.1. The molecule has 0 aliphatic carbocycles. The molecule has 0 N–H and O–H groups in total. The molecule has 322 valence electrons. The molecule has 0 atom stereocenters. The zero-order valence-corrected chi connectivity index (χ0v) is 36.5. The van der Waals surface area contributed by atoms with Crippen molar-refractivity contribution in [1.82, 2.24) is 20.2 Å². The Morgan fingerprint density at radius 3 is 1.33 bits per heavy atom. The van der Waals surface area contributed by atoms with E-state index in [1.54, 1.807) is 0 Å². The molecule has 0 aliphatic rings. The van der Waals surface area contributed by atoms with Crippen LogP contribution in [0.1, 0.15) is 0 Å². The lowest BCUT2D eigenvalue weighted by atomic mass is 10.0. The predicted octanol–water partition coefficient (Wildman–Crippen LogP) is 16.5. The van der Waals surface area contributed by atoms with Crippen LogP contribution < -0.4 is 9.80 Å². The number of fused-ring (bicyclic) bond motifs is 13. The number of pyridine rings is 1. The number of para-hydroxylation sites is 2. The van der Waals surface area contributed by atoms with Crippen molar-refractivity contribution in [1.29, 1.82) is 0 Å². The van der Waals surface area contributed by atoms with Gasteiger partial charge in [0.25, 0.3) is 11.7 Å². The Kier molecular flexibility index (Phi) is 7.87. The van der Waals surface area contributed by atoms with Crippen molar-refractivity contribution in [2.45, 2.75) is 0 Å². The van der Waals surface area contributed by atoms with Crippen molar-refractivity contribution >= 4 is 144 Å². The highest BCUT2D eigenvalue weighted by Gasteiger charge is 2.24. The van der Waals surface area contributed by atoms with E-state index in [-0.39, 0.29) is 0 Å². The third-order valence-corrected chi connectivity index (χ3v) is 13.5. The lowest BCUT2D eigenvalue weighted by Crippen LogP contribution is -2.14. The third-order valence-electron chi connectivity index (χ3n) is 13.5. The van der Waals surface area contributed by atoms with Crippen LogP contribution in [0.25, 0.3) is 109 Å². The van der Waals surface area contributed by atoms with Gasteiger partial charge in [-0.05, 0) is 140 Å². The Morgan fingerprint density at radius 2 is 0.739 bits per heavy atom. The van der Waals surface area contributed by atoms with E-state index in [1.165, 1.54) is 16.2 Å². The van der Waals surface area contributed by atoms with Gasteiger partial charge in [0.1, 0.15) is 28.1 Å². The number of benzene rings is 10. The molecular formula is C60H34N6O3. The predicted molar refractivity (Wildman–Crippen MR) is 279 cm³/mol. The smallest absolute Gasteiger partial charge is 0.257 e. The van der Waals surface area contributed by atoms with Crippen LogP contribution in [0.3, 0.4) is 0 Å². The molecule has 15 aromatic rings. The van der Waals surface area contributed by atoms with Crippen molar-refractivity contribution in [3.63, 3.8) is 0 Å². The molecule has 15 rings (SSSR count). The molecule has 69 heavy (non-hydrogen) atoms. The number of hydrogen-bond donors (Lipinski definition) is 0. The summed E-state index contributed by atoms with van der Waals surface area (Å²) in [6.07, 6.45) is 0. The molecule has 0 saturated heterocycles. The Bertz CT molecular complexity index is 4320. The van der Waals surface area contributed by atoms with Crippen LogP contribution >= 0.6 is 0 Å². The highest BCUT2D eigenvalue weighted by Crippen LogP contribution is 2.42. The Balaban J connectivity index is 0.887. The number of rotatable bonds is 6. The first kappa shape index (κ1) is 37.6. The average molecular weight is 887 g/mol. The zero-order chi connectivity index (χ0) is 45.2. The van der Waals surface area contributed by atoms with Crippen molar-refractivity contribution in [3.8, 4) is 0 Å². The van der Waals surface area contributed by atoms with Crippen molar-refractivity contribution < 1.29 is 13.3 Å². The number of nitrogens with zero attached hydrogens (tertiary/aromatic N) is 6. The van der Waals surface area contributed by atoms with E-state index in [2.05, 4.69) is 157 Å². The van der Waals surface area contributed by atoms with Gasteiger partial charge in [-0.15, -0.1) is 10.2 Å². The van der Waals surface area contributed by atoms with Gasteiger partial charge in [-0.2, -0.15) is 9.97 Å². The Hall–Kier alpha value is -9.60. The summed E-state index contributed by atoms with van der Waals surface area (Å²) in [5.74, 6) is 0.983. The minimum absolute atomic E-state index is 0.314. The first-order valence-corrected chi connectivity index (χ1v) is 22.8. The van der Waals surface area contributed by atoms with Crippen LogP contribution in [0.15, 0.2) is 220 Å². The second-order valence-electron chi connectivity index (χ2n) is 17.6. The zero-order valence-electron chi connectivity index (χ0n) is 36.5. The minimum atomic E-state index is 0.314. The van der Waals surface area contributed by atoms with Gasteiger partial charge in [-0.25, -0.2) is 0 Å². The highest BCUT2D eigenvalue weighted by molar-refractivity contribution is 6.09. The molecule has 0 fully saturated rings. The van der Waals surface area contributed by atoms with E-state index in [0.29, 0.717) is 34.1 Å². The molecule has 0 saturated carbocycles. The molecule has 0 radical (unpaired) electrons. The first-order valence-electron chi connectivity index (χ1n) is 22.8. The summed E-state index contributed by atoms with van der Waals surface area (Å²) in [6, 6.07) is 71.4. The van der Waals surface area contributed by atoms with Gasteiger partial charge in [-0.3, -0.25) is 9.80 Å². The average Bonchev–Trinajstić information content (AvgIpc) is 4.08. The van der Waals surface area contributed by atoms with Gasteiger partial charge in [0.05, 0.1) is 16.8 Å². The summed E-state index contributed by atoms with van der Waals surface area (Å²) < 4.78 is 19.4. The van der Waals surface area contributed by atoms with Crippen LogP contribution in [0, 0.1) is 0 Å². The van der Waals surface area contributed by atoms with E-state index in [4.69, 9.17) is 33.4 Å². The fourth-order valence-corrected chi connectivity index (χ4v) is 10.2. The maximum atomic E-state index is 6.62. The van der Waals surface area contributed by atoms with E-state index in [0.717, 1.165) is 93.6 Å². The third kappa shape index (κ3) is 5.97. The van der Waals surface area contributed by atoms with Gasteiger partial charge in [0.15, 0.2) is 5.52 Å². The summed E-state index contributed by atoms with van der Waals surface area (Å²) in [5, 5.41) is 23.7. The van der Waals surface area contributed by atoms with Crippen LogP contribution in [0.4, 0.5) is 34.5 Å². The molecule has 0 bridgehead atoms. The largest absolute Gasteiger partial charge is 0.456 e. The van der Waals surface area contributed by atoms with Crippen LogP contribution in [0.2, 0.25) is 0 Å². The normalized spacial score (nSPS) is 12.1. The summed E-state index contributed by atoms with van der Waals surface area (Å²) in [5.41, 5.74) is 7.88. The fraction of sp³-hybridized carbons (Fsp3) is 0. The SMILES string of the molecule is c1ccc2cc3cc(N(c4ccc5c(c4)oc4ccccc45)c4ccc5c(n4)oc4nc(N(c6ccc7cc8ccccc8cc7c6)c6ccc7c(c6)oc6ccccc67)nnc45)ccc3cc2c1. The summed E-state index contributed by atoms with van der Waals surface area (Å²) in [6.45, 7) is 0. The number of aromatic nitrogens is 4. The van der Waals surface area contributed by atoms with Crippen LogP contribution in [0.5, 0.6) is 0 Å². The maximum absolute atomic E-state index is 6.62. The van der Waals surface area contributed by atoms with E-state index in [1.807, 2.05) is 59.5 Å². The molecule has 0 spiro atoms. The van der Waals surface area contributed by atoms with Crippen LogP contribution in [-0.4, -0.2) is 20.2 Å². The lowest BCUT2D eigenvalue weighted by molar-refractivity contribution is 0.637. The number of hydrogen-bond acceptors (Lipinski definition) is 9. The summed E-state index contributed by atoms with van der Waals surface area (Å²) in [7, 11) is 0. The molecule has 10 aromatic carbocycles. The second-order valence-corrected chi connectivity index (χ2v) is 17.6. The standard InChI is InChI=1S/C60H34N6O3/c1-3-11-37-29-41-31-43(19-17-39(41)27-35(37)9-1)65(45-21-23-49-47-13-5-7-15-52(47)67-54(49)33-45)56-26-25-51-57-59(69-58(51)61-56)62-60(64-63-57)66(46-22-24-50-48-14-6-8-16-53(48)68-55(50)34-46)44-20-18-40-28-36-10-2-4-12-38(36)30-42(40)32-44/h1-34H. The molecule has 5 aromatic heterocycles. The highest BCUT2D eigenvalue weighted by atomic mass is 16.4. The maximum Gasteiger partial charge on any atom is 0.257 e. The van der Waals surface area contributed by atoms with Gasteiger partial charge in [-0.1, -0.05) is 97.1 Å². The van der Waals surface area contributed by atoms with Gasteiger partial charge >= 0.3 is 0 Å². The summed E-state index contributed by atoms with van der Waals surface area (Å²) >= 11 is 0. The minimum Gasteiger partial charge on any atom is -0.456 e. The number of anilines is 6. The molecule has 5 heterocycles. The Morgan fingerprint density at radius 1 is 0.290 bits per heavy atom. The quantitative estimate of drug-likeness (QED) is 0.151. The molecule has 0 unspecified atom stereocenters. The van der Waals surface area contributed by atoms with Gasteiger partial charge in [0, 0.05) is 45.1 Å². The molecular weight excluding hydrogens is 853 g/mol. The van der Waals surface area contributed by atoms with Crippen molar-refractivity contribution in [2.75, 3.05) is 9.80 Å². The van der Waals surface area contributed by atoms with Gasteiger partial charge in [0.2, 0.25) is 5.71 Å². The van der Waals surface area contributed by atoms with Gasteiger partial charge < -0.3 is 13.3 Å². The second kappa shape index (κ2) is 14.4. The Labute approximate surface area is 391 Å².